The lowest BCUT2D eigenvalue weighted by Crippen LogP contribution is -2.16. The predicted octanol–water partition coefficient (Wildman–Crippen LogP) is 1.44. The van der Waals surface area contributed by atoms with Crippen molar-refractivity contribution >= 4 is 0 Å². The second kappa shape index (κ2) is 7.54. The van der Waals surface area contributed by atoms with Crippen LogP contribution < -0.4 is 0 Å². The number of aliphatic hydroxyl groups excluding tert-OH is 2. The van der Waals surface area contributed by atoms with Crippen molar-refractivity contribution in [2.24, 2.45) is 0 Å². The molecule has 0 saturated carbocycles. The van der Waals surface area contributed by atoms with Crippen LogP contribution in [-0.2, 0) is 4.74 Å². The zero-order valence-electron chi connectivity index (χ0n) is 13.7. The third-order valence-corrected chi connectivity index (χ3v) is 3.29. The number of epoxide rings is 1. The molecule has 1 aliphatic heterocycles. The van der Waals surface area contributed by atoms with E-state index in [4.69, 9.17) is 9.84 Å². The molecule has 0 bridgehead atoms. The van der Waals surface area contributed by atoms with Crippen LogP contribution in [0.4, 0.5) is 0 Å². The maximum atomic E-state index is 9.31. The molecule has 1 unspecified atom stereocenters. The first-order chi connectivity index (χ1) is 10.9. The molecule has 0 spiro atoms. The Labute approximate surface area is 135 Å². The van der Waals surface area contributed by atoms with E-state index in [2.05, 4.69) is 19.9 Å². The van der Waals surface area contributed by atoms with Crippen molar-refractivity contribution in [3.63, 3.8) is 0 Å². The standard InChI is InChI=1S/C8H12N2O2.C8H10N2O/c1-5-3-9-8(10-4-5)7(12)6(2)11;1-5-3-9-8(10-4-5)7-6(2)11-7/h3-4,6-7,11-12H,1-2H3;3-4,6-7H,1-2H3/t6-,7+;6-,7?/m11/s1. The van der Waals surface area contributed by atoms with E-state index in [1.54, 1.807) is 12.4 Å². The Balaban J connectivity index is 0.000000167. The maximum Gasteiger partial charge on any atom is 0.159 e. The molecule has 23 heavy (non-hydrogen) atoms. The fourth-order valence-corrected chi connectivity index (χ4v) is 1.78. The SMILES string of the molecule is Cc1cnc(C2O[C@@H]2C)nc1.Cc1cnc([C@@H](O)[C@@H](C)O)nc1. The minimum Gasteiger partial charge on any atom is -0.390 e. The van der Waals surface area contributed by atoms with Gasteiger partial charge in [0.2, 0.25) is 0 Å². The Morgan fingerprint density at radius 3 is 1.78 bits per heavy atom. The highest BCUT2D eigenvalue weighted by Crippen LogP contribution is 2.35. The van der Waals surface area contributed by atoms with Gasteiger partial charge in [-0.3, -0.25) is 0 Å². The molecule has 3 rings (SSSR count). The molecule has 7 nitrogen and oxygen atoms in total. The fraction of sp³-hybridized carbons (Fsp3) is 0.500. The molecule has 1 fully saturated rings. The minimum absolute atomic E-state index is 0.149. The van der Waals surface area contributed by atoms with Crippen molar-refractivity contribution in [2.75, 3.05) is 0 Å². The number of aliphatic hydroxyl groups is 2. The molecule has 0 aliphatic carbocycles. The Kier molecular flexibility index (Phi) is 5.70. The Morgan fingerprint density at radius 1 is 0.957 bits per heavy atom. The summed E-state index contributed by atoms with van der Waals surface area (Å²) >= 11 is 0. The maximum absolute atomic E-state index is 9.31. The van der Waals surface area contributed by atoms with Crippen molar-refractivity contribution in [1.29, 1.82) is 0 Å². The highest BCUT2D eigenvalue weighted by Gasteiger charge is 2.38. The Morgan fingerprint density at radius 2 is 1.39 bits per heavy atom. The molecule has 1 saturated heterocycles. The topological polar surface area (TPSA) is 105 Å². The summed E-state index contributed by atoms with van der Waals surface area (Å²) in [6, 6.07) is 0. The van der Waals surface area contributed by atoms with Gasteiger partial charge in [-0.1, -0.05) is 0 Å². The summed E-state index contributed by atoms with van der Waals surface area (Å²) in [4.78, 5) is 16.1. The molecule has 3 heterocycles. The van der Waals surface area contributed by atoms with Crippen LogP contribution in [0.3, 0.4) is 0 Å². The number of aryl methyl sites for hydroxylation is 2. The summed E-state index contributed by atoms with van der Waals surface area (Å²) in [5.74, 6) is 1.07. The third kappa shape index (κ3) is 5.02. The number of aromatic nitrogens is 4. The summed E-state index contributed by atoms with van der Waals surface area (Å²) in [6.45, 7) is 7.35. The van der Waals surface area contributed by atoms with Crippen LogP contribution in [0, 0.1) is 13.8 Å². The second-order valence-electron chi connectivity index (χ2n) is 5.68. The van der Waals surface area contributed by atoms with Gasteiger partial charge in [0.15, 0.2) is 11.6 Å². The highest BCUT2D eigenvalue weighted by atomic mass is 16.6. The average molecular weight is 318 g/mol. The molecule has 0 amide bonds. The molecule has 2 aromatic heterocycles. The van der Waals surface area contributed by atoms with Crippen molar-refractivity contribution in [1.82, 2.24) is 19.9 Å². The lowest BCUT2D eigenvalue weighted by atomic mass is 10.2. The van der Waals surface area contributed by atoms with Gasteiger partial charge in [-0.25, -0.2) is 19.9 Å². The van der Waals surface area contributed by atoms with E-state index in [9.17, 15) is 5.11 Å². The van der Waals surface area contributed by atoms with Crippen molar-refractivity contribution in [3.8, 4) is 0 Å². The third-order valence-electron chi connectivity index (χ3n) is 3.29. The Hall–Kier alpha value is -1.96. The quantitative estimate of drug-likeness (QED) is 0.825. The normalized spacial score (nSPS) is 21.8. The van der Waals surface area contributed by atoms with E-state index in [1.165, 1.54) is 6.92 Å². The number of ether oxygens (including phenoxy) is 1. The van der Waals surface area contributed by atoms with E-state index in [-0.39, 0.29) is 11.9 Å². The van der Waals surface area contributed by atoms with Gasteiger partial charge in [0, 0.05) is 24.8 Å². The smallest absolute Gasteiger partial charge is 0.159 e. The molecular weight excluding hydrogens is 296 g/mol. The molecule has 0 aromatic carbocycles. The van der Waals surface area contributed by atoms with E-state index in [0.717, 1.165) is 17.0 Å². The summed E-state index contributed by atoms with van der Waals surface area (Å²) in [7, 11) is 0. The first kappa shape index (κ1) is 17.4. The summed E-state index contributed by atoms with van der Waals surface area (Å²) in [5.41, 5.74) is 2.01. The number of nitrogens with zero attached hydrogens (tertiary/aromatic N) is 4. The lowest BCUT2D eigenvalue weighted by Gasteiger charge is -2.11. The van der Waals surface area contributed by atoms with Crippen molar-refractivity contribution in [2.45, 2.75) is 52.1 Å². The van der Waals surface area contributed by atoms with E-state index in [1.807, 2.05) is 33.2 Å². The number of hydrogen-bond donors (Lipinski definition) is 2. The number of hydrogen-bond acceptors (Lipinski definition) is 7. The van der Waals surface area contributed by atoms with Crippen LogP contribution in [0.25, 0.3) is 0 Å². The largest absolute Gasteiger partial charge is 0.390 e. The van der Waals surface area contributed by atoms with Gasteiger partial charge in [0.25, 0.3) is 0 Å². The van der Waals surface area contributed by atoms with Crippen LogP contribution in [-0.4, -0.2) is 42.4 Å². The zero-order valence-corrected chi connectivity index (χ0v) is 13.7. The van der Waals surface area contributed by atoms with Gasteiger partial charge < -0.3 is 14.9 Å². The second-order valence-corrected chi connectivity index (χ2v) is 5.68. The molecule has 2 aromatic rings. The van der Waals surface area contributed by atoms with E-state index >= 15 is 0 Å². The van der Waals surface area contributed by atoms with Gasteiger partial charge >= 0.3 is 0 Å². The minimum atomic E-state index is -0.995. The predicted molar refractivity (Wildman–Crippen MR) is 83.5 cm³/mol. The molecular formula is C16H22N4O3. The van der Waals surface area contributed by atoms with E-state index in [0.29, 0.717) is 6.10 Å². The molecule has 7 heteroatoms. The monoisotopic (exact) mass is 318 g/mol. The lowest BCUT2D eigenvalue weighted by molar-refractivity contribution is 0.0248. The summed E-state index contributed by atoms with van der Waals surface area (Å²) in [6.07, 6.45) is 5.46. The van der Waals surface area contributed by atoms with Gasteiger partial charge in [-0.05, 0) is 38.8 Å². The highest BCUT2D eigenvalue weighted by molar-refractivity contribution is 5.07. The summed E-state index contributed by atoms with van der Waals surface area (Å²) < 4.78 is 5.22. The number of rotatable bonds is 3. The van der Waals surface area contributed by atoms with Crippen LogP contribution in [0.2, 0.25) is 0 Å². The van der Waals surface area contributed by atoms with Crippen LogP contribution in [0.1, 0.15) is 48.8 Å². The van der Waals surface area contributed by atoms with Crippen LogP contribution in [0.15, 0.2) is 24.8 Å². The molecule has 4 atom stereocenters. The van der Waals surface area contributed by atoms with Gasteiger partial charge in [-0.2, -0.15) is 0 Å². The van der Waals surface area contributed by atoms with Crippen molar-refractivity contribution in [3.05, 3.63) is 47.6 Å². The van der Waals surface area contributed by atoms with E-state index < -0.39 is 12.2 Å². The Bertz CT molecular complexity index is 616. The molecule has 2 N–H and O–H groups in total. The zero-order chi connectivity index (χ0) is 17.0. The first-order valence-electron chi connectivity index (χ1n) is 7.47. The molecule has 1 aliphatic rings. The van der Waals surface area contributed by atoms with Gasteiger partial charge in [-0.15, -0.1) is 0 Å². The van der Waals surface area contributed by atoms with Crippen LogP contribution in [0.5, 0.6) is 0 Å². The first-order valence-corrected chi connectivity index (χ1v) is 7.47. The van der Waals surface area contributed by atoms with Gasteiger partial charge in [0.05, 0.1) is 12.2 Å². The average Bonchev–Trinajstić information content (AvgIpc) is 3.25. The summed E-state index contributed by atoms with van der Waals surface area (Å²) in [5, 5.41) is 18.3. The van der Waals surface area contributed by atoms with Gasteiger partial charge in [0.1, 0.15) is 12.2 Å². The molecule has 0 radical (unpaired) electrons. The van der Waals surface area contributed by atoms with Crippen molar-refractivity contribution < 1.29 is 14.9 Å². The molecule has 124 valence electrons. The van der Waals surface area contributed by atoms with Crippen LogP contribution >= 0.6 is 0 Å². The fourth-order valence-electron chi connectivity index (χ4n) is 1.78.